The van der Waals surface area contributed by atoms with Crippen LogP contribution in [-0.4, -0.2) is 24.5 Å². The van der Waals surface area contributed by atoms with Gasteiger partial charge >= 0.3 is 0 Å². The van der Waals surface area contributed by atoms with Crippen molar-refractivity contribution < 1.29 is 0 Å². The zero-order chi connectivity index (χ0) is 18.2. The molecule has 2 aromatic carbocycles. The molecule has 5 aromatic rings. The van der Waals surface area contributed by atoms with Gasteiger partial charge in [-0.05, 0) is 24.3 Å². The van der Waals surface area contributed by atoms with Gasteiger partial charge in [0.15, 0.2) is 11.6 Å². The number of nitrogens with zero attached hydrogens (tertiary/aromatic N) is 5. The molecule has 0 saturated carbocycles. The first-order chi connectivity index (χ1) is 13.3. The fourth-order valence-corrected chi connectivity index (χ4v) is 3.14. The predicted molar refractivity (Wildman–Crippen MR) is 106 cm³/mol. The van der Waals surface area contributed by atoms with E-state index in [1.54, 1.807) is 12.5 Å². The maximum absolute atomic E-state index is 6.40. The number of rotatable bonds is 3. The number of imidazole rings is 1. The topological polar surface area (TPSA) is 94.5 Å². The molecule has 7 nitrogen and oxygen atoms in total. The van der Waals surface area contributed by atoms with Crippen molar-refractivity contribution in [1.29, 1.82) is 0 Å². The first-order valence-electron chi connectivity index (χ1n) is 8.45. The van der Waals surface area contributed by atoms with E-state index < -0.39 is 0 Å². The maximum Gasteiger partial charge on any atom is 0.167 e. The Labute approximate surface area is 154 Å². The van der Waals surface area contributed by atoms with Gasteiger partial charge in [-0.2, -0.15) is 0 Å². The number of hydrogen-bond donors (Lipinski definition) is 2. The second-order valence-electron chi connectivity index (χ2n) is 6.07. The van der Waals surface area contributed by atoms with Crippen LogP contribution in [0.15, 0.2) is 73.4 Å². The Morgan fingerprint density at radius 1 is 0.852 bits per heavy atom. The quantitative estimate of drug-likeness (QED) is 0.514. The van der Waals surface area contributed by atoms with Crippen LogP contribution in [0.3, 0.4) is 0 Å². The van der Waals surface area contributed by atoms with Crippen LogP contribution in [0.25, 0.3) is 27.8 Å². The van der Waals surface area contributed by atoms with E-state index in [0.717, 1.165) is 27.6 Å². The summed E-state index contributed by atoms with van der Waals surface area (Å²) in [7, 11) is 0. The molecule has 0 aliphatic heterocycles. The average molecular weight is 353 g/mol. The molecule has 0 unspecified atom stereocenters. The Hall–Kier alpha value is -4.00. The van der Waals surface area contributed by atoms with Crippen LogP contribution in [0.4, 0.5) is 17.2 Å². The summed E-state index contributed by atoms with van der Waals surface area (Å²) in [6.45, 7) is 0. The molecule has 3 N–H and O–H groups in total. The van der Waals surface area contributed by atoms with E-state index in [4.69, 9.17) is 5.73 Å². The lowest BCUT2D eigenvalue weighted by Gasteiger charge is -2.13. The van der Waals surface area contributed by atoms with E-state index in [1.807, 2.05) is 59.2 Å². The van der Waals surface area contributed by atoms with Gasteiger partial charge in [-0.3, -0.25) is 9.55 Å². The molecule has 130 valence electrons. The van der Waals surface area contributed by atoms with Gasteiger partial charge < -0.3 is 11.1 Å². The van der Waals surface area contributed by atoms with Crippen molar-refractivity contribution in [3.8, 4) is 5.82 Å². The van der Waals surface area contributed by atoms with Crippen molar-refractivity contribution in [3.63, 3.8) is 0 Å². The molecule has 0 atom stereocenters. The highest BCUT2D eigenvalue weighted by Crippen LogP contribution is 2.29. The van der Waals surface area contributed by atoms with Crippen LogP contribution < -0.4 is 11.1 Å². The second-order valence-corrected chi connectivity index (χ2v) is 6.07. The van der Waals surface area contributed by atoms with Crippen LogP contribution in [0.5, 0.6) is 0 Å². The van der Waals surface area contributed by atoms with E-state index >= 15 is 0 Å². The highest BCUT2D eigenvalue weighted by atomic mass is 15.2. The fraction of sp³-hybridized carbons (Fsp3) is 0. The van der Waals surface area contributed by atoms with Crippen LogP contribution >= 0.6 is 0 Å². The standard InChI is InChI=1S/C20H15N7/c21-17-19(26-15-8-3-5-13-6-4-10-22-18(13)15)23-11-24-20(17)27-12-25-14-7-1-2-9-16(14)27/h1-12H,21H2,(H,23,24,26). The van der Waals surface area contributed by atoms with Crippen LogP contribution in [-0.2, 0) is 0 Å². The van der Waals surface area contributed by atoms with Crippen LogP contribution in [0.1, 0.15) is 0 Å². The number of nitrogen functional groups attached to an aromatic ring is 1. The molecule has 0 bridgehead atoms. The van der Waals surface area contributed by atoms with Gasteiger partial charge in [0.05, 0.1) is 22.2 Å². The SMILES string of the molecule is Nc1c(Nc2cccc3cccnc23)ncnc1-n1cnc2ccccc21. The summed E-state index contributed by atoms with van der Waals surface area (Å²) >= 11 is 0. The Kier molecular flexibility index (Phi) is 3.43. The first-order valence-corrected chi connectivity index (χ1v) is 8.45. The largest absolute Gasteiger partial charge is 0.393 e. The van der Waals surface area contributed by atoms with E-state index in [0.29, 0.717) is 17.3 Å². The molecule has 0 fully saturated rings. The van der Waals surface area contributed by atoms with Crippen molar-refractivity contribution in [1.82, 2.24) is 24.5 Å². The summed E-state index contributed by atoms with van der Waals surface area (Å²) in [5.41, 5.74) is 10.3. The molecule has 27 heavy (non-hydrogen) atoms. The summed E-state index contributed by atoms with van der Waals surface area (Å²) in [6.07, 6.45) is 4.97. The normalized spacial score (nSPS) is 11.1. The Bertz CT molecular complexity index is 1270. The molecule has 3 heterocycles. The highest BCUT2D eigenvalue weighted by Gasteiger charge is 2.13. The zero-order valence-corrected chi connectivity index (χ0v) is 14.2. The molecule has 0 radical (unpaired) electrons. The molecule has 0 aliphatic carbocycles. The van der Waals surface area contributed by atoms with E-state index in [-0.39, 0.29) is 0 Å². The second kappa shape index (κ2) is 6.06. The summed E-state index contributed by atoms with van der Waals surface area (Å²) in [4.78, 5) is 17.6. The first kappa shape index (κ1) is 15.3. The molecule has 7 heteroatoms. The average Bonchev–Trinajstić information content (AvgIpc) is 3.14. The molecular weight excluding hydrogens is 338 g/mol. The molecular formula is C20H15N7. The summed E-state index contributed by atoms with van der Waals surface area (Å²) in [5, 5.41) is 4.33. The molecule has 0 amide bonds. The van der Waals surface area contributed by atoms with Crippen molar-refractivity contribution >= 4 is 39.1 Å². The summed E-state index contributed by atoms with van der Waals surface area (Å²) < 4.78 is 1.86. The minimum absolute atomic E-state index is 0.439. The lowest BCUT2D eigenvalue weighted by Crippen LogP contribution is -2.07. The molecule has 5 rings (SSSR count). The lowest BCUT2D eigenvalue weighted by atomic mass is 10.2. The predicted octanol–water partition coefficient (Wildman–Crippen LogP) is 3.69. The smallest absolute Gasteiger partial charge is 0.167 e. The monoisotopic (exact) mass is 353 g/mol. The van der Waals surface area contributed by atoms with Gasteiger partial charge in [0.2, 0.25) is 0 Å². The number of anilines is 3. The van der Waals surface area contributed by atoms with Gasteiger partial charge in [-0.15, -0.1) is 0 Å². The number of nitrogens with two attached hydrogens (primary N) is 1. The Morgan fingerprint density at radius 2 is 1.74 bits per heavy atom. The van der Waals surface area contributed by atoms with Gasteiger partial charge in [-0.25, -0.2) is 15.0 Å². The summed E-state index contributed by atoms with van der Waals surface area (Å²) in [6, 6.07) is 17.7. The van der Waals surface area contributed by atoms with Crippen LogP contribution in [0.2, 0.25) is 0 Å². The van der Waals surface area contributed by atoms with Crippen molar-refractivity contribution in [2.24, 2.45) is 0 Å². The lowest BCUT2D eigenvalue weighted by molar-refractivity contribution is 1.00. The molecule has 0 aliphatic rings. The number of pyridine rings is 1. The Balaban J connectivity index is 1.61. The van der Waals surface area contributed by atoms with Crippen molar-refractivity contribution in [2.45, 2.75) is 0 Å². The van der Waals surface area contributed by atoms with Gasteiger partial charge in [0.25, 0.3) is 0 Å². The number of nitrogens with one attached hydrogen (secondary N) is 1. The number of benzene rings is 2. The molecule has 3 aromatic heterocycles. The minimum atomic E-state index is 0.439. The third-order valence-electron chi connectivity index (χ3n) is 4.43. The number of para-hydroxylation sites is 3. The maximum atomic E-state index is 6.40. The fourth-order valence-electron chi connectivity index (χ4n) is 3.14. The third-order valence-corrected chi connectivity index (χ3v) is 4.43. The van der Waals surface area contributed by atoms with E-state index in [9.17, 15) is 0 Å². The van der Waals surface area contributed by atoms with Gasteiger partial charge in [0.1, 0.15) is 18.3 Å². The minimum Gasteiger partial charge on any atom is -0.393 e. The highest BCUT2D eigenvalue weighted by molar-refractivity contribution is 5.93. The van der Waals surface area contributed by atoms with Crippen molar-refractivity contribution in [3.05, 3.63) is 73.4 Å². The molecule has 0 spiro atoms. The van der Waals surface area contributed by atoms with Gasteiger partial charge in [0, 0.05) is 11.6 Å². The van der Waals surface area contributed by atoms with Crippen LogP contribution in [0, 0.1) is 0 Å². The molecule has 0 saturated heterocycles. The Morgan fingerprint density at radius 3 is 2.70 bits per heavy atom. The number of hydrogen-bond acceptors (Lipinski definition) is 6. The number of fused-ring (bicyclic) bond motifs is 2. The third kappa shape index (κ3) is 2.53. The summed E-state index contributed by atoms with van der Waals surface area (Å²) in [5.74, 6) is 1.10. The van der Waals surface area contributed by atoms with Crippen molar-refractivity contribution in [2.75, 3.05) is 11.1 Å². The van der Waals surface area contributed by atoms with Gasteiger partial charge in [-0.1, -0.05) is 30.3 Å². The number of aromatic nitrogens is 5. The van der Waals surface area contributed by atoms with E-state index in [1.165, 1.54) is 6.33 Å². The van der Waals surface area contributed by atoms with E-state index in [2.05, 4.69) is 25.3 Å². The zero-order valence-electron chi connectivity index (χ0n) is 14.2.